The average molecular weight is 192 g/mol. The standard InChI is InChI=1S/C14H24/c1-7-9-12(4)14(6)13(5)10-11(3)8-2/h7-8,13H,1,9-10H2,2-6H3/b11-8+,14-12+. The number of rotatable bonds is 5. The first-order chi connectivity index (χ1) is 6.52. The van der Waals surface area contributed by atoms with Gasteiger partial charge in [-0.05, 0) is 46.5 Å². The molecule has 0 heterocycles. The van der Waals surface area contributed by atoms with Gasteiger partial charge in [-0.2, -0.15) is 0 Å². The van der Waals surface area contributed by atoms with Gasteiger partial charge in [0.1, 0.15) is 0 Å². The summed E-state index contributed by atoms with van der Waals surface area (Å²) >= 11 is 0. The third-order valence-electron chi connectivity index (χ3n) is 2.98. The van der Waals surface area contributed by atoms with Gasteiger partial charge < -0.3 is 0 Å². The predicted octanol–water partition coefficient (Wildman–Crippen LogP) is 4.89. The van der Waals surface area contributed by atoms with Gasteiger partial charge in [0.25, 0.3) is 0 Å². The lowest BCUT2D eigenvalue weighted by Gasteiger charge is -2.15. The van der Waals surface area contributed by atoms with Crippen LogP contribution in [0.1, 0.15) is 47.5 Å². The van der Waals surface area contributed by atoms with Crippen molar-refractivity contribution in [2.75, 3.05) is 0 Å². The summed E-state index contributed by atoms with van der Waals surface area (Å²) in [6, 6.07) is 0. The molecule has 80 valence electrons. The summed E-state index contributed by atoms with van der Waals surface area (Å²) in [6.07, 6.45) is 6.38. The first-order valence-electron chi connectivity index (χ1n) is 5.41. The van der Waals surface area contributed by atoms with Gasteiger partial charge in [0, 0.05) is 0 Å². The molecule has 0 aromatic heterocycles. The number of hydrogen-bond acceptors (Lipinski definition) is 0. The van der Waals surface area contributed by atoms with E-state index in [9.17, 15) is 0 Å². The maximum absolute atomic E-state index is 3.77. The zero-order chi connectivity index (χ0) is 11.1. The molecule has 1 unspecified atom stereocenters. The van der Waals surface area contributed by atoms with E-state index in [1.165, 1.54) is 23.1 Å². The second-order valence-electron chi connectivity index (χ2n) is 4.20. The Labute approximate surface area is 89.4 Å². The van der Waals surface area contributed by atoms with E-state index in [0.29, 0.717) is 5.92 Å². The molecule has 0 aliphatic carbocycles. The second-order valence-corrected chi connectivity index (χ2v) is 4.20. The van der Waals surface area contributed by atoms with E-state index in [1.807, 2.05) is 6.08 Å². The Morgan fingerprint density at radius 1 is 1.29 bits per heavy atom. The van der Waals surface area contributed by atoms with Crippen LogP contribution in [0.5, 0.6) is 0 Å². The fourth-order valence-corrected chi connectivity index (χ4v) is 1.55. The Balaban J connectivity index is 4.44. The lowest BCUT2D eigenvalue weighted by atomic mass is 9.91. The van der Waals surface area contributed by atoms with Gasteiger partial charge >= 0.3 is 0 Å². The largest absolute Gasteiger partial charge is 0.103 e. The second kappa shape index (κ2) is 6.64. The summed E-state index contributed by atoms with van der Waals surface area (Å²) in [5, 5.41) is 0. The molecule has 0 heteroatoms. The van der Waals surface area contributed by atoms with Gasteiger partial charge in [-0.3, -0.25) is 0 Å². The van der Waals surface area contributed by atoms with E-state index in [1.54, 1.807) is 0 Å². The molecular formula is C14H24. The van der Waals surface area contributed by atoms with E-state index in [4.69, 9.17) is 0 Å². The SMILES string of the molecule is C=CC/C(C)=C(\C)C(C)C/C(C)=C/C. The van der Waals surface area contributed by atoms with Crippen LogP contribution >= 0.6 is 0 Å². The maximum Gasteiger partial charge on any atom is -0.0142 e. The van der Waals surface area contributed by atoms with Crippen molar-refractivity contribution in [1.82, 2.24) is 0 Å². The zero-order valence-electron chi connectivity index (χ0n) is 10.4. The summed E-state index contributed by atoms with van der Waals surface area (Å²) in [5.41, 5.74) is 4.46. The van der Waals surface area contributed by atoms with Crippen molar-refractivity contribution in [3.8, 4) is 0 Å². The van der Waals surface area contributed by atoms with Crippen molar-refractivity contribution < 1.29 is 0 Å². The fourth-order valence-electron chi connectivity index (χ4n) is 1.55. The third-order valence-corrected chi connectivity index (χ3v) is 2.98. The van der Waals surface area contributed by atoms with Crippen LogP contribution in [0.4, 0.5) is 0 Å². The van der Waals surface area contributed by atoms with Crippen molar-refractivity contribution in [2.45, 2.75) is 47.5 Å². The van der Waals surface area contributed by atoms with Gasteiger partial charge in [0.05, 0.1) is 0 Å². The van der Waals surface area contributed by atoms with E-state index in [2.05, 4.69) is 47.3 Å². The summed E-state index contributed by atoms with van der Waals surface area (Å²) in [6.45, 7) is 14.8. The van der Waals surface area contributed by atoms with Crippen LogP contribution in [-0.2, 0) is 0 Å². The molecule has 14 heavy (non-hydrogen) atoms. The van der Waals surface area contributed by atoms with Crippen LogP contribution in [0.25, 0.3) is 0 Å². The van der Waals surface area contributed by atoms with Crippen molar-refractivity contribution in [3.05, 3.63) is 35.5 Å². The van der Waals surface area contributed by atoms with Crippen LogP contribution < -0.4 is 0 Å². The topological polar surface area (TPSA) is 0 Å². The minimum absolute atomic E-state index is 0.658. The van der Waals surface area contributed by atoms with Crippen molar-refractivity contribution in [2.24, 2.45) is 5.92 Å². The molecule has 0 saturated carbocycles. The molecule has 0 spiro atoms. The highest BCUT2D eigenvalue weighted by atomic mass is 14.1. The molecule has 0 saturated heterocycles. The minimum Gasteiger partial charge on any atom is -0.103 e. The Kier molecular flexibility index (Phi) is 6.27. The Bertz CT molecular complexity index is 241. The van der Waals surface area contributed by atoms with Crippen LogP contribution in [0.3, 0.4) is 0 Å². The normalized spacial score (nSPS) is 16.2. The van der Waals surface area contributed by atoms with E-state index in [-0.39, 0.29) is 0 Å². The molecule has 0 bridgehead atoms. The molecule has 0 aliphatic rings. The first kappa shape index (κ1) is 13.2. The first-order valence-corrected chi connectivity index (χ1v) is 5.41. The smallest absolute Gasteiger partial charge is 0.0142 e. The van der Waals surface area contributed by atoms with Gasteiger partial charge in [-0.15, -0.1) is 6.58 Å². The summed E-state index contributed by atoms with van der Waals surface area (Å²) < 4.78 is 0. The molecule has 0 aromatic carbocycles. The molecule has 0 radical (unpaired) electrons. The average Bonchev–Trinajstić information content (AvgIpc) is 2.16. The van der Waals surface area contributed by atoms with Crippen molar-refractivity contribution in [1.29, 1.82) is 0 Å². The Hall–Kier alpha value is -0.780. The molecule has 0 N–H and O–H groups in total. The predicted molar refractivity (Wildman–Crippen MR) is 66.4 cm³/mol. The molecule has 0 amide bonds. The van der Waals surface area contributed by atoms with E-state index >= 15 is 0 Å². The lowest BCUT2D eigenvalue weighted by Crippen LogP contribution is -1.99. The van der Waals surface area contributed by atoms with E-state index in [0.717, 1.165) is 6.42 Å². The highest BCUT2D eigenvalue weighted by molar-refractivity contribution is 5.16. The van der Waals surface area contributed by atoms with Crippen molar-refractivity contribution >= 4 is 0 Å². The molecule has 0 fully saturated rings. The third kappa shape index (κ3) is 4.45. The molecule has 1 atom stereocenters. The monoisotopic (exact) mass is 192 g/mol. The van der Waals surface area contributed by atoms with Crippen LogP contribution in [0.15, 0.2) is 35.5 Å². The zero-order valence-corrected chi connectivity index (χ0v) is 10.4. The minimum atomic E-state index is 0.658. The fraction of sp³-hybridized carbons (Fsp3) is 0.571. The highest BCUT2D eigenvalue weighted by Gasteiger charge is 2.07. The quantitative estimate of drug-likeness (QED) is 0.544. The van der Waals surface area contributed by atoms with Gasteiger partial charge in [-0.1, -0.05) is 35.8 Å². The Morgan fingerprint density at radius 3 is 2.29 bits per heavy atom. The molecule has 0 rings (SSSR count). The van der Waals surface area contributed by atoms with Crippen LogP contribution in [-0.4, -0.2) is 0 Å². The summed E-state index contributed by atoms with van der Waals surface area (Å²) in [4.78, 5) is 0. The molecule has 0 aliphatic heterocycles. The highest BCUT2D eigenvalue weighted by Crippen LogP contribution is 2.23. The number of hydrogen-bond donors (Lipinski definition) is 0. The van der Waals surface area contributed by atoms with E-state index < -0.39 is 0 Å². The van der Waals surface area contributed by atoms with Gasteiger partial charge in [0.2, 0.25) is 0 Å². The van der Waals surface area contributed by atoms with Crippen LogP contribution in [0, 0.1) is 5.92 Å². The summed E-state index contributed by atoms with van der Waals surface area (Å²) in [5.74, 6) is 0.658. The van der Waals surface area contributed by atoms with Gasteiger partial charge in [-0.25, -0.2) is 0 Å². The lowest BCUT2D eigenvalue weighted by molar-refractivity contribution is 0.661. The van der Waals surface area contributed by atoms with Crippen LogP contribution in [0.2, 0.25) is 0 Å². The Morgan fingerprint density at radius 2 is 1.86 bits per heavy atom. The molecular weight excluding hydrogens is 168 g/mol. The maximum atomic E-state index is 3.77. The molecule has 0 nitrogen and oxygen atoms in total. The van der Waals surface area contributed by atoms with Crippen molar-refractivity contribution in [3.63, 3.8) is 0 Å². The summed E-state index contributed by atoms with van der Waals surface area (Å²) in [7, 11) is 0. The molecule has 0 aromatic rings. The van der Waals surface area contributed by atoms with Gasteiger partial charge in [0.15, 0.2) is 0 Å². The number of allylic oxidation sites excluding steroid dienone is 5.